The molecule has 5 heteroatoms. The third-order valence-corrected chi connectivity index (χ3v) is 5.05. The molecule has 1 amide bonds. The largest absolute Gasteiger partial charge is 0.346 e. The summed E-state index contributed by atoms with van der Waals surface area (Å²) in [5.41, 5.74) is 3.29. The molecule has 0 saturated carbocycles. The first-order valence-electron chi connectivity index (χ1n) is 9.98. The SMILES string of the molecule is CC(NC(=O)Cc1ccccc1)c1nc2ccccc2n1CC(=O)c1ccccc1. The molecule has 0 aliphatic rings. The predicted octanol–water partition coefficient (Wildman–Crippen LogP) is 4.34. The number of carbonyl (C=O) groups is 2. The van der Waals surface area contributed by atoms with E-state index in [1.54, 1.807) is 0 Å². The maximum Gasteiger partial charge on any atom is 0.224 e. The molecule has 4 rings (SSSR count). The second-order valence-corrected chi connectivity index (χ2v) is 7.29. The van der Waals surface area contributed by atoms with Gasteiger partial charge in [-0.15, -0.1) is 0 Å². The average molecular weight is 397 g/mol. The first-order valence-corrected chi connectivity index (χ1v) is 9.98. The number of fused-ring (bicyclic) bond motifs is 1. The minimum absolute atomic E-state index is 0.00261. The Bertz CT molecular complexity index is 1170. The fourth-order valence-electron chi connectivity index (χ4n) is 3.59. The molecule has 1 atom stereocenters. The van der Waals surface area contributed by atoms with Crippen LogP contribution in [0.15, 0.2) is 84.9 Å². The van der Waals surface area contributed by atoms with E-state index in [1.165, 1.54) is 0 Å². The molecule has 5 nitrogen and oxygen atoms in total. The third-order valence-electron chi connectivity index (χ3n) is 5.05. The van der Waals surface area contributed by atoms with Gasteiger partial charge in [0.25, 0.3) is 0 Å². The second kappa shape index (κ2) is 8.74. The Morgan fingerprint density at radius 3 is 2.27 bits per heavy atom. The zero-order valence-electron chi connectivity index (χ0n) is 16.8. The van der Waals surface area contributed by atoms with Crippen molar-refractivity contribution in [3.63, 3.8) is 0 Å². The van der Waals surface area contributed by atoms with Crippen LogP contribution in [0.4, 0.5) is 0 Å². The summed E-state index contributed by atoms with van der Waals surface area (Å²) < 4.78 is 1.90. The summed E-state index contributed by atoms with van der Waals surface area (Å²) in [5, 5.41) is 3.03. The molecule has 4 aromatic rings. The van der Waals surface area contributed by atoms with Gasteiger partial charge in [-0.05, 0) is 24.6 Å². The fourth-order valence-corrected chi connectivity index (χ4v) is 3.59. The number of nitrogens with zero attached hydrogens (tertiary/aromatic N) is 2. The Labute approximate surface area is 175 Å². The van der Waals surface area contributed by atoms with Crippen LogP contribution < -0.4 is 5.32 Å². The summed E-state index contributed by atoms with van der Waals surface area (Å²) in [6.07, 6.45) is 0.300. The van der Waals surface area contributed by atoms with Gasteiger partial charge in [0.15, 0.2) is 5.78 Å². The van der Waals surface area contributed by atoms with Gasteiger partial charge in [-0.25, -0.2) is 4.98 Å². The van der Waals surface area contributed by atoms with Crippen LogP contribution in [0.1, 0.15) is 34.7 Å². The fraction of sp³-hybridized carbons (Fsp3) is 0.160. The highest BCUT2D eigenvalue weighted by molar-refractivity contribution is 5.96. The van der Waals surface area contributed by atoms with Crippen LogP contribution >= 0.6 is 0 Å². The smallest absolute Gasteiger partial charge is 0.224 e. The van der Waals surface area contributed by atoms with Gasteiger partial charge < -0.3 is 9.88 Å². The third kappa shape index (κ3) is 4.30. The van der Waals surface area contributed by atoms with E-state index in [0.717, 1.165) is 16.6 Å². The lowest BCUT2D eigenvalue weighted by molar-refractivity contribution is -0.121. The molecule has 0 fully saturated rings. The zero-order chi connectivity index (χ0) is 20.9. The van der Waals surface area contributed by atoms with E-state index in [4.69, 9.17) is 4.98 Å². The molecule has 0 spiro atoms. The van der Waals surface area contributed by atoms with Gasteiger partial charge in [-0.3, -0.25) is 9.59 Å². The maximum absolute atomic E-state index is 12.9. The highest BCUT2D eigenvalue weighted by atomic mass is 16.1. The van der Waals surface area contributed by atoms with Crippen molar-refractivity contribution in [3.05, 3.63) is 102 Å². The van der Waals surface area contributed by atoms with Crippen molar-refractivity contribution in [2.45, 2.75) is 25.9 Å². The summed E-state index contributed by atoms with van der Waals surface area (Å²) in [4.78, 5) is 30.1. The summed E-state index contributed by atoms with van der Waals surface area (Å²) in [7, 11) is 0. The van der Waals surface area contributed by atoms with E-state index in [2.05, 4.69) is 5.32 Å². The number of aromatic nitrogens is 2. The number of imidazole rings is 1. The highest BCUT2D eigenvalue weighted by Crippen LogP contribution is 2.22. The molecule has 3 aromatic carbocycles. The number of hydrogen-bond acceptors (Lipinski definition) is 3. The van der Waals surface area contributed by atoms with Crippen molar-refractivity contribution in [2.24, 2.45) is 0 Å². The molecular formula is C25H23N3O2. The zero-order valence-corrected chi connectivity index (χ0v) is 16.8. The van der Waals surface area contributed by atoms with Gasteiger partial charge in [0.05, 0.1) is 30.0 Å². The van der Waals surface area contributed by atoms with Gasteiger partial charge in [-0.2, -0.15) is 0 Å². The number of Topliss-reactive ketones (excluding diaryl/α,β-unsaturated/α-hetero) is 1. The quantitative estimate of drug-likeness (QED) is 0.472. The number of rotatable bonds is 7. The predicted molar refractivity (Wildman–Crippen MR) is 117 cm³/mol. The summed E-state index contributed by atoms with van der Waals surface area (Å²) in [6, 6.07) is 26.2. The van der Waals surface area contributed by atoms with E-state index in [1.807, 2.05) is 96.4 Å². The Morgan fingerprint density at radius 2 is 1.53 bits per heavy atom. The summed E-state index contributed by atoms with van der Waals surface area (Å²) in [5.74, 6) is 0.589. The second-order valence-electron chi connectivity index (χ2n) is 7.29. The van der Waals surface area contributed by atoms with E-state index in [9.17, 15) is 9.59 Å². The molecule has 1 N–H and O–H groups in total. The van der Waals surface area contributed by atoms with Gasteiger partial charge in [0.1, 0.15) is 5.82 Å². The monoisotopic (exact) mass is 397 g/mol. The van der Waals surface area contributed by atoms with Crippen LogP contribution in [-0.2, 0) is 17.8 Å². The van der Waals surface area contributed by atoms with Crippen LogP contribution in [0.5, 0.6) is 0 Å². The van der Waals surface area contributed by atoms with Crippen molar-refractivity contribution < 1.29 is 9.59 Å². The Kier molecular flexibility index (Phi) is 5.70. The summed E-state index contributed by atoms with van der Waals surface area (Å²) in [6.45, 7) is 2.06. The van der Waals surface area contributed by atoms with E-state index in [0.29, 0.717) is 17.8 Å². The summed E-state index contributed by atoms with van der Waals surface area (Å²) >= 11 is 0. The lowest BCUT2D eigenvalue weighted by Gasteiger charge is -2.16. The average Bonchev–Trinajstić information content (AvgIpc) is 3.13. The molecule has 0 saturated heterocycles. The van der Waals surface area contributed by atoms with Crippen molar-refractivity contribution in [1.82, 2.24) is 14.9 Å². The Hall–Kier alpha value is -3.73. The van der Waals surface area contributed by atoms with Gasteiger partial charge in [-0.1, -0.05) is 72.8 Å². The number of para-hydroxylation sites is 2. The maximum atomic E-state index is 12.9. The van der Waals surface area contributed by atoms with Crippen molar-refractivity contribution >= 4 is 22.7 Å². The van der Waals surface area contributed by atoms with Crippen LogP contribution in [0.2, 0.25) is 0 Å². The van der Waals surface area contributed by atoms with Crippen molar-refractivity contribution in [2.75, 3.05) is 0 Å². The first-order chi connectivity index (χ1) is 14.6. The number of benzene rings is 3. The minimum atomic E-state index is -0.336. The molecule has 0 radical (unpaired) electrons. The lowest BCUT2D eigenvalue weighted by atomic mass is 10.1. The molecule has 1 unspecified atom stereocenters. The van der Waals surface area contributed by atoms with E-state index in [-0.39, 0.29) is 24.3 Å². The number of hydrogen-bond donors (Lipinski definition) is 1. The van der Waals surface area contributed by atoms with Crippen LogP contribution in [0.25, 0.3) is 11.0 Å². The van der Waals surface area contributed by atoms with Gasteiger partial charge >= 0.3 is 0 Å². The van der Waals surface area contributed by atoms with Crippen LogP contribution in [0.3, 0.4) is 0 Å². The molecular weight excluding hydrogens is 374 g/mol. The molecule has 0 aliphatic carbocycles. The molecule has 0 bridgehead atoms. The van der Waals surface area contributed by atoms with Crippen LogP contribution in [-0.4, -0.2) is 21.2 Å². The standard InChI is InChI=1S/C25H23N3O2/c1-18(26-24(30)16-19-10-4-2-5-11-19)25-27-21-14-8-9-15-22(21)28(25)17-23(29)20-12-6-3-7-13-20/h2-15,18H,16-17H2,1H3,(H,26,30). The van der Waals surface area contributed by atoms with Crippen LogP contribution in [0, 0.1) is 0 Å². The minimum Gasteiger partial charge on any atom is -0.346 e. The molecule has 0 aliphatic heterocycles. The Morgan fingerprint density at radius 1 is 0.900 bits per heavy atom. The van der Waals surface area contributed by atoms with Crippen molar-refractivity contribution in [1.29, 1.82) is 0 Å². The topological polar surface area (TPSA) is 64.0 Å². The van der Waals surface area contributed by atoms with Crippen molar-refractivity contribution in [3.8, 4) is 0 Å². The highest BCUT2D eigenvalue weighted by Gasteiger charge is 2.20. The van der Waals surface area contributed by atoms with Gasteiger partial charge in [0, 0.05) is 5.56 Å². The Balaban J connectivity index is 1.59. The molecule has 150 valence electrons. The molecule has 1 aromatic heterocycles. The number of amides is 1. The number of carbonyl (C=O) groups excluding carboxylic acids is 2. The van der Waals surface area contributed by atoms with E-state index >= 15 is 0 Å². The van der Waals surface area contributed by atoms with E-state index < -0.39 is 0 Å². The first kappa shape index (κ1) is 19.6. The van der Waals surface area contributed by atoms with Gasteiger partial charge in [0.2, 0.25) is 5.91 Å². The molecule has 1 heterocycles. The number of ketones is 1. The normalized spacial score (nSPS) is 11.9. The molecule has 30 heavy (non-hydrogen) atoms. The number of nitrogens with one attached hydrogen (secondary N) is 1. The lowest BCUT2D eigenvalue weighted by Crippen LogP contribution is -2.30.